The van der Waals surface area contributed by atoms with Crippen LogP contribution in [0.2, 0.25) is 0 Å². The molecule has 210 valence electrons. The van der Waals surface area contributed by atoms with Gasteiger partial charge in [0.15, 0.2) is 0 Å². The molecule has 2 aliphatic rings. The first-order chi connectivity index (χ1) is 18.9. The molecule has 0 saturated carbocycles. The molecule has 0 spiro atoms. The Morgan fingerprint density at radius 3 is 2.44 bits per heavy atom. The highest BCUT2D eigenvalue weighted by Gasteiger charge is 2.31. The SMILES string of the molecule is CCC[C@@H]1NCC2CCc3cccc(c3O2)CCCNC(=O)[C@@H](Cc2ccccc2)NC(=O)[C@@H](C)N(C)C1=O. The molecule has 2 heterocycles. The van der Waals surface area contributed by atoms with E-state index >= 15 is 0 Å². The lowest BCUT2D eigenvalue weighted by molar-refractivity contribution is -0.141. The lowest BCUT2D eigenvalue weighted by Gasteiger charge is -2.32. The number of aryl methyl sites for hydroxylation is 2. The molecule has 0 saturated heterocycles. The lowest BCUT2D eigenvalue weighted by atomic mass is 9.96. The van der Waals surface area contributed by atoms with Gasteiger partial charge in [0.1, 0.15) is 23.9 Å². The first-order valence-electron chi connectivity index (χ1n) is 14.3. The van der Waals surface area contributed by atoms with Crippen LogP contribution < -0.4 is 20.7 Å². The monoisotopic (exact) mass is 534 g/mol. The zero-order valence-electron chi connectivity index (χ0n) is 23.4. The first kappa shape index (κ1) is 28.6. The smallest absolute Gasteiger partial charge is 0.243 e. The molecule has 3 N–H and O–H groups in total. The highest BCUT2D eigenvalue weighted by atomic mass is 16.5. The Morgan fingerprint density at radius 2 is 1.69 bits per heavy atom. The van der Waals surface area contributed by atoms with Crippen LogP contribution in [0.1, 0.15) is 56.2 Å². The Kier molecular flexibility index (Phi) is 9.98. The summed E-state index contributed by atoms with van der Waals surface area (Å²) in [7, 11) is 1.65. The fraction of sp³-hybridized carbons (Fsp3) is 0.516. The maximum absolute atomic E-state index is 13.5. The minimum absolute atomic E-state index is 0.0332. The van der Waals surface area contributed by atoms with Gasteiger partial charge >= 0.3 is 0 Å². The zero-order valence-corrected chi connectivity index (χ0v) is 23.4. The van der Waals surface area contributed by atoms with Gasteiger partial charge in [-0.3, -0.25) is 14.4 Å². The van der Waals surface area contributed by atoms with Crippen molar-refractivity contribution in [2.75, 3.05) is 20.1 Å². The van der Waals surface area contributed by atoms with Gasteiger partial charge in [-0.1, -0.05) is 61.9 Å². The summed E-state index contributed by atoms with van der Waals surface area (Å²) in [5.41, 5.74) is 3.30. The predicted molar refractivity (Wildman–Crippen MR) is 152 cm³/mol. The van der Waals surface area contributed by atoms with E-state index in [1.165, 1.54) is 10.5 Å². The second kappa shape index (κ2) is 13.6. The molecule has 4 atom stereocenters. The quantitative estimate of drug-likeness (QED) is 0.560. The molecular weight excluding hydrogens is 492 g/mol. The first-order valence-corrected chi connectivity index (χ1v) is 14.3. The fourth-order valence-electron chi connectivity index (χ4n) is 5.32. The molecule has 0 radical (unpaired) electrons. The van der Waals surface area contributed by atoms with Crippen LogP contribution in [0.4, 0.5) is 0 Å². The highest BCUT2D eigenvalue weighted by molar-refractivity contribution is 5.93. The van der Waals surface area contributed by atoms with Crippen molar-refractivity contribution in [3.05, 3.63) is 65.2 Å². The number of carbonyl (C=O) groups excluding carboxylic acids is 3. The van der Waals surface area contributed by atoms with Crippen LogP contribution in [0.3, 0.4) is 0 Å². The van der Waals surface area contributed by atoms with Gasteiger partial charge in [0.05, 0.1) is 6.04 Å². The second-order valence-corrected chi connectivity index (χ2v) is 10.7. The Bertz CT molecular complexity index is 1140. The number of fused-ring (bicyclic) bond motifs is 1. The van der Waals surface area contributed by atoms with Crippen molar-refractivity contribution in [3.63, 3.8) is 0 Å². The molecule has 0 fully saturated rings. The number of nitrogens with one attached hydrogen (secondary N) is 3. The van der Waals surface area contributed by atoms with Gasteiger partial charge in [0, 0.05) is 26.6 Å². The van der Waals surface area contributed by atoms with Crippen LogP contribution in [-0.4, -0.2) is 67.0 Å². The highest BCUT2D eigenvalue weighted by Crippen LogP contribution is 2.32. The van der Waals surface area contributed by atoms with Crippen molar-refractivity contribution in [1.29, 1.82) is 0 Å². The standard InChI is InChI=1S/C31H42N4O4/c1-4-10-26-31(38)35(3)21(2)29(36)34-27(19-22-11-6-5-7-12-22)30(37)32-18-9-15-23-13-8-14-24-16-17-25(20-33-26)39-28(23)24/h5-8,11-14,21,25-27,33H,4,9-10,15-20H2,1-3H3,(H,32,37)(H,34,36)/t21-,25?,26+,27-/m1/s1. The van der Waals surface area contributed by atoms with Crippen molar-refractivity contribution in [3.8, 4) is 5.75 Å². The van der Waals surface area contributed by atoms with E-state index in [-0.39, 0.29) is 23.8 Å². The molecule has 2 aromatic rings. The molecule has 2 aliphatic heterocycles. The summed E-state index contributed by atoms with van der Waals surface area (Å²) in [5.74, 6) is 0.227. The van der Waals surface area contributed by atoms with E-state index in [4.69, 9.17) is 4.74 Å². The van der Waals surface area contributed by atoms with Crippen LogP contribution in [0.5, 0.6) is 5.75 Å². The molecule has 8 heteroatoms. The maximum Gasteiger partial charge on any atom is 0.243 e. The minimum atomic E-state index is -0.747. The number of hydrogen-bond donors (Lipinski definition) is 3. The van der Waals surface area contributed by atoms with Crippen LogP contribution in [0, 0.1) is 0 Å². The van der Waals surface area contributed by atoms with E-state index in [0.29, 0.717) is 25.9 Å². The minimum Gasteiger partial charge on any atom is -0.489 e. The Hall–Kier alpha value is -3.39. The van der Waals surface area contributed by atoms with Gasteiger partial charge in [-0.15, -0.1) is 0 Å². The largest absolute Gasteiger partial charge is 0.489 e. The summed E-state index contributed by atoms with van der Waals surface area (Å²) in [6, 6.07) is 14.0. The molecule has 2 bridgehead atoms. The Morgan fingerprint density at radius 1 is 0.949 bits per heavy atom. The van der Waals surface area contributed by atoms with Gasteiger partial charge in [-0.05, 0) is 55.7 Å². The Labute approximate surface area is 231 Å². The number of amides is 3. The van der Waals surface area contributed by atoms with Gasteiger partial charge in [-0.25, -0.2) is 0 Å². The third-order valence-electron chi connectivity index (χ3n) is 7.81. The van der Waals surface area contributed by atoms with E-state index in [0.717, 1.165) is 49.0 Å². The van der Waals surface area contributed by atoms with Gasteiger partial charge in [-0.2, -0.15) is 0 Å². The maximum atomic E-state index is 13.5. The van der Waals surface area contributed by atoms with Crippen molar-refractivity contribution in [1.82, 2.24) is 20.9 Å². The van der Waals surface area contributed by atoms with Crippen molar-refractivity contribution in [2.45, 2.75) is 83.0 Å². The van der Waals surface area contributed by atoms with Gasteiger partial charge in [0.2, 0.25) is 17.7 Å². The van der Waals surface area contributed by atoms with Crippen LogP contribution in [0.25, 0.3) is 0 Å². The number of ether oxygens (including phenoxy) is 1. The average Bonchev–Trinajstić information content (AvgIpc) is 2.95. The van der Waals surface area contributed by atoms with Crippen molar-refractivity contribution in [2.24, 2.45) is 0 Å². The van der Waals surface area contributed by atoms with E-state index in [1.54, 1.807) is 14.0 Å². The molecule has 0 aromatic heterocycles. The molecule has 1 unspecified atom stereocenters. The summed E-state index contributed by atoms with van der Waals surface area (Å²) in [4.78, 5) is 41.5. The Balaban J connectivity index is 1.58. The number of carbonyl (C=O) groups is 3. The molecule has 39 heavy (non-hydrogen) atoms. The average molecular weight is 535 g/mol. The van der Waals surface area contributed by atoms with Crippen LogP contribution >= 0.6 is 0 Å². The van der Waals surface area contributed by atoms with E-state index < -0.39 is 18.1 Å². The summed E-state index contributed by atoms with van der Waals surface area (Å²) in [6.45, 7) is 4.80. The number of benzene rings is 2. The fourth-order valence-corrected chi connectivity index (χ4v) is 5.32. The molecule has 0 aliphatic carbocycles. The number of hydrogen-bond acceptors (Lipinski definition) is 5. The molecular formula is C31H42N4O4. The number of nitrogens with zero attached hydrogens (tertiary/aromatic N) is 1. The second-order valence-electron chi connectivity index (χ2n) is 10.7. The van der Waals surface area contributed by atoms with Gasteiger partial charge in [0.25, 0.3) is 0 Å². The van der Waals surface area contributed by atoms with Crippen LogP contribution in [0.15, 0.2) is 48.5 Å². The van der Waals surface area contributed by atoms with Crippen molar-refractivity contribution < 1.29 is 19.1 Å². The number of likely N-dealkylation sites (N-methyl/N-ethyl adjacent to an activating group) is 1. The van der Waals surface area contributed by atoms with Gasteiger partial charge < -0.3 is 25.6 Å². The summed E-state index contributed by atoms with van der Waals surface area (Å²) < 4.78 is 6.45. The number of rotatable bonds is 4. The summed E-state index contributed by atoms with van der Waals surface area (Å²) in [5, 5.41) is 9.38. The molecule has 4 rings (SSSR count). The van der Waals surface area contributed by atoms with E-state index in [2.05, 4.69) is 34.1 Å². The summed E-state index contributed by atoms with van der Waals surface area (Å²) >= 11 is 0. The van der Waals surface area contributed by atoms with Crippen molar-refractivity contribution >= 4 is 17.7 Å². The normalized spacial score (nSPS) is 25.1. The van der Waals surface area contributed by atoms with E-state index in [9.17, 15) is 14.4 Å². The lowest BCUT2D eigenvalue weighted by Crippen LogP contribution is -2.56. The van der Waals surface area contributed by atoms with Crippen LogP contribution in [-0.2, 0) is 33.6 Å². The zero-order chi connectivity index (χ0) is 27.8. The molecule has 2 aromatic carbocycles. The summed E-state index contributed by atoms with van der Waals surface area (Å²) in [6.07, 6.45) is 5.16. The third kappa shape index (κ3) is 7.38. The molecule has 3 amide bonds. The van der Waals surface area contributed by atoms with E-state index in [1.807, 2.05) is 37.3 Å². The number of para-hydroxylation sites is 1. The molecule has 8 nitrogen and oxygen atoms in total. The topological polar surface area (TPSA) is 99.8 Å². The predicted octanol–water partition coefficient (Wildman–Crippen LogP) is 2.78. The third-order valence-corrected chi connectivity index (χ3v) is 7.81.